The molecule has 0 saturated heterocycles. The molecule has 128 valence electrons. The van der Waals surface area contributed by atoms with E-state index in [0.29, 0.717) is 0 Å². The Labute approximate surface area is 144 Å². The lowest BCUT2D eigenvalue weighted by molar-refractivity contribution is 0.185. The van der Waals surface area contributed by atoms with Crippen LogP contribution in [0.5, 0.6) is 0 Å². The molecule has 0 aliphatic heterocycles. The molecule has 2 atom stereocenters. The second kappa shape index (κ2) is 7.47. The van der Waals surface area contributed by atoms with Crippen molar-refractivity contribution in [2.24, 2.45) is 0 Å². The minimum absolute atomic E-state index is 0.00375. The monoisotopic (exact) mass is 325 g/mol. The van der Waals surface area contributed by atoms with Crippen LogP contribution in [0.15, 0.2) is 54.9 Å². The highest BCUT2D eigenvalue weighted by molar-refractivity contribution is 5.75. The average molecular weight is 325 g/mol. The van der Waals surface area contributed by atoms with E-state index in [-0.39, 0.29) is 23.5 Å². The maximum atomic E-state index is 12.6. The van der Waals surface area contributed by atoms with Crippen molar-refractivity contribution in [1.82, 2.24) is 15.2 Å². The summed E-state index contributed by atoms with van der Waals surface area (Å²) in [6.07, 6.45) is 3.53. The number of aromatic nitrogens is 1. The van der Waals surface area contributed by atoms with Crippen LogP contribution >= 0.6 is 0 Å². The minimum atomic E-state index is -0.157. The number of pyridine rings is 1. The van der Waals surface area contributed by atoms with E-state index in [9.17, 15) is 4.79 Å². The summed E-state index contributed by atoms with van der Waals surface area (Å²) in [5.74, 6) is 0. The third kappa shape index (κ3) is 3.94. The second-order valence-electron chi connectivity index (χ2n) is 6.83. The molecule has 4 heteroatoms. The third-order valence-corrected chi connectivity index (χ3v) is 5.01. The zero-order valence-corrected chi connectivity index (χ0v) is 15.2. The van der Waals surface area contributed by atoms with Gasteiger partial charge in [0.2, 0.25) is 0 Å². The van der Waals surface area contributed by atoms with Gasteiger partial charge in [-0.15, -0.1) is 0 Å². The van der Waals surface area contributed by atoms with Gasteiger partial charge >= 0.3 is 6.03 Å². The molecule has 0 aliphatic carbocycles. The van der Waals surface area contributed by atoms with Crippen LogP contribution in [0.1, 0.15) is 44.9 Å². The summed E-state index contributed by atoms with van der Waals surface area (Å²) in [7, 11) is 1.81. The first-order chi connectivity index (χ1) is 11.3. The van der Waals surface area contributed by atoms with Crippen LogP contribution in [-0.4, -0.2) is 29.0 Å². The SMILES string of the molecule is C[C@@H](c1cccnc1)N(C)C(=O)N[C@H](C)C(C)(C)c1ccccc1. The van der Waals surface area contributed by atoms with E-state index in [2.05, 4.69) is 36.3 Å². The van der Waals surface area contributed by atoms with Crippen LogP contribution in [0.2, 0.25) is 0 Å². The highest BCUT2D eigenvalue weighted by Gasteiger charge is 2.30. The van der Waals surface area contributed by atoms with Crippen LogP contribution in [0.4, 0.5) is 4.79 Å². The lowest BCUT2D eigenvalue weighted by Crippen LogP contribution is -2.50. The molecular weight excluding hydrogens is 298 g/mol. The summed E-state index contributed by atoms with van der Waals surface area (Å²) in [6.45, 7) is 8.35. The maximum absolute atomic E-state index is 12.6. The van der Waals surface area contributed by atoms with Gasteiger partial charge in [0, 0.05) is 30.9 Å². The van der Waals surface area contributed by atoms with Crippen molar-refractivity contribution < 1.29 is 4.79 Å². The van der Waals surface area contributed by atoms with Gasteiger partial charge in [0.1, 0.15) is 0 Å². The van der Waals surface area contributed by atoms with Crippen LogP contribution in [0, 0.1) is 0 Å². The average Bonchev–Trinajstić information content (AvgIpc) is 2.61. The fraction of sp³-hybridized carbons (Fsp3) is 0.400. The van der Waals surface area contributed by atoms with Gasteiger partial charge in [0.05, 0.1) is 6.04 Å². The summed E-state index contributed by atoms with van der Waals surface area (Å²) in [5.41, 5.74) is 2.07. The Morgan fingerprint density at radius 3 is 2.38 bits per heavy atom. The molecule has 24 heavy (non-hydrogen) atoms. The Morgan fingerprint density at radius 2 is 1.79 bits per heavy atom. The molecule has 1 heterocycles. The topological polar surface area (TPSA) is 45.2 Å². The molecule has 4 nitrogen and oxygen atoms in total. The van der Waals surface area contributed by atoms with Gasteiger partial charge in [-0.1, -0.05) is 50.2 Å². The molecule has 0 spiro atoms. The quantitative estimate of drug-likeness (QED) is 0.897. The first-order valence-electron chi connectivity index (χ1n) is 8.32. The predicted molar refractivity (Wildman–Crippen MR) is 97.9 cm³/mol. The number of hydrogen-bond acceptors (Lipinski definition) is 2. The Bertz CT molecular complexity index is 655. The highest BCUT2D eigenvalue weighted by Crippen LogP contribution is 2.27. The highest BCUT2D eigenvalue weighted by atomic mass is 16.2. The van der Waals surface area contributed by atoms with E-state index in [1.807, 2.05) is 51.2 Å². The molecule has 0 unspecified atom stereocenters. The second-order valence-corrected chi connectivity index (χ2v) is 6.83. The minimum Gasteiger partial charge on any atom is -0.335 e. The smallest absolute Gasteiger partial charge is 0.317 e. The molecular formula is C20H27N3O. The number of nitrogens with zero attached hydrogens (tertiary/aromatic N) is 2. The van der Waals surface area contributed by atoms with Crippen molar-refractivity contribution in [2.75, 3.05) is 7.05 Å². The Kier molecular flexibility index (Phi) is 5.60. The normalized spacial score (nSPS) is 13.9. The van der Waals surface area contributed by atoms with Crippen LogP contribution in [0.3, 0.4) is 0 Å². The Morgan fingerprint density at radius 1 is 1.12 bits per heavy atom. The number of rotatable bonds is 5. The van der Waals surface area contributed by atoms with Gasteiger partial charge in [-0.2, -0.15) is 0 Å². The Balaban J connectivity index is 2.05. The molecule has 1 aromatic carbocycles. The van der Waals surface area contributed by atoms with Crippen molar-refractivity contribution in [3.05, 3.63) is 66.0 Å². The Hall–Kier alpha value is -2.36. The first kappa shape index (κ1) is 18.0. The van der Waals surface area contributed by atoms with Crippen molar-refractivity contribution in [2.45, 2.75) is 45.2 Å². The van der Waals surface area contributed by atoms with Gasteiger partial charge in [0.15, 0.2) is 0 Å². The lowest BCUT2D eigenvalue weighted by atomic mass is 9.78. The zero-order valence-electron chi connectivity index (χ0n) is 15.2. The van der Waals surface area contributed by atoms with Crippen molar-refractivity contribution in [1.29, 1.82) is 0 Å². The van der Waals surface area contributed by atoms with Gasteiger partial charge in [0.25, 0.3) is 0 Å². The number of carbonyl (C=O) groups is 1. The molecule has 0 fully saturated rings. The maximum Gasteiger partial charge on any atom is 0.317 e. The predicted octanol–water partition coefficient (Wildman–Crippen LogP) is 4.15. The zero-order chi connectivity index (χ0) is 17.7. The molecule has 0 aliphatic rings. The van der Waals surface area contributed by atoms with E-state index in [4.69, 9.17) is 0 Å². The molecule has 2 rings (SSSR count). The molecule has 2 amide bonds. The molecule has 0 saturated carbocycles. The van der Waals surface area contributed by atoms with Crippen LogP contribution in [0.25, 0.3) is 0 Å². The van der Waals surface area contributed by atoms with Crippen molar-refractivity contribution in [3.63, 3.8) is 0 Å². The summed E-state index contributed by atoms with van der Waals surface area (Å²) in [4.78, 5) is 18.5. The molecule has 1 aromatic heterocycles. The number of benzene rings is 1. The molecule has 2 aromatic rings. The summed E-state index contributed by atoms with van der Waals surface area (Å²) < 4.78 is 0. The largest absolute Gasteiger partial charge is 0.335 e. The number of hydrogen-bond donors (Lipinski definition) is 1. The summed E-state index contributed by atoms with van der Waals surface area (Å²) in [6, 6.07) is 14.0. The number of nitrogens with one attached hydrogen (secondary N) is 1. The van der Waals surface area contributed by atoms with Gasteiger partial charge in [-0.3, -0.25) is 4.98 Å². The van der Waals surface area contributed by atoms with Crippen molar-refractivity contribution >= 4 is 6.03 Å². The molecule has 1 N–H and O–H groups in total. The van der Waals surface area contributed by atoms with Gasteiger partial charge < -0.3 is 10.2 Å². The lowest BCUT2D eigenvalue weighted by Gasteiger charge is -2.35. The van der Waals surface area contributed by atoms with E-state index >= 15 is 0 Å². The van der Waals surface area contributed by atoms with Crippen LogP contribution in [-0.2, 0) is 5.41 Å². The number of urea groups is 1. The molecule has 0 bridgehead atoms. The number of carbonyl (C=O) groups excluding carboxylic acids is 1. The van der Waals surface area contributed by atoms with Crippen molar-refractivity contribution in [3.8, 4) is 0 Å². The van der Waals surface area contributed by atoms with E-state index in [0.717, 1.165) is 5.56 Å². The van der Waals surface area contributed by atoms with E-state index in [1.165, 1.54) is 5.56 Å². The third-order valence-electron chi connectivity index (χ3n) is 5.01. The van der Waals surface area contributed by atoms with E-state index in [1.54, 1.807) is 17.3 Å². The fourth-order valence-electron chi connectivity index (χ4n) is 2.61. The fourth-order valence-corrected chi connectivity index (χ4v) is 2.61. The molecule has 0 radical (unpaired) electrons. The first-order valence-corrected chi connectivity index (χ1v) is 8.32. The number of amides is 2. The standard InChI is InChI=1S/C20H27N3O/c1-15(17-10-9-13-21-14-17)23(5)19(24)22-16(2)20(3,4)18-11-7-6-8-12-18/h6-16H,1-5H3,(H,22,24)/t15-,16+/m0/s1. The van der Waals surface area contributed by atoms with Gasteiger partial charge in [-0.25, -0.2) is 4.79 Å². The summed E-state index contributed by atoms with van der Waals surface area (Å²) >= 11 is 0. The van der Waals surface area contributed by atoms with Crippen LogP contribution < -0.4 is 5.32 Å². The summed E-state index contributed by atoms with van der Waals surface area (Å²) in [5, 5.41) is 3.14. The van der Waals surface area contributed by atoms with Gasteiger partial charge in [-0.05, 0) is 31.0 Å². The van der Waals surface area contributed by atoms with E-state index < -0.39 is 0 Å².